The Hall–Kier alpha value is -2.64. The van der Waals surface area contributed by atoms with Crippen molar-refractivity contribution in [2.24, 2.45) is 0 Å². The highest BCUT2D eigenvalue weighted by Crippen LogP contribution is 2.28. The number of hydrogen-bond donors (Lipinski definition) is 1. The summed E-state index contributed by atoms with van der Waals surface area (Å²) in [7, 11) is 0. The maximum Gasteiger partial charge on any atom is 0.256 e. The fourth-order valence-corrected chi connectivity index (χ4v) is 5.49. The van der Waals surface area contributed by atoms with Gasteiger partial charge in [0, 0.05) is 41.5 Å². The third-order valence-corrected chi connectivity index (χ3v) is 7.27. The van der Waals surface area contributed by atoms with Crippen LogP contribution < -0.4 is 5.32 Å². The summed E-state index contributed by atoms with van der Waals surface area (Å²) in [5, 5.41) is 11.9. The molecule has 5 rings (SSSR count). The number of carbonyl (C=O) groups is 1. The molecule has 3 heterocycles. The predicted octanol–water partition coefficient (Wildman–Crippen LogP) is 5.19. The smallest absolute Gasteiger partial charge is 0.256 e. The standard InChI is InChI=1S/C25H28N4O2S/c30-25(21-11-3-4-12-22(21)32-17-20-10-7-15-31-20)26-19-9-6-8-18(16-19)24-28-27-23-13-2-1-5-14-29(23)24/h3-4,6,8-9,11-12,16,20H,1-2,5,7,10,13-15,17H2,(H,26,30)/t20-/m0/s1. The number of rotatable bonds is 6. The fourth-order valence-electron chi connectivity index (χ4n) is 4.37. The number of amides is 1. The first kappa shape index (κ1) is 21.2. The number of fused-ring (bicyclic) bond motifs is 1. The van der Waals surface area contributed by atoms with Gasteiger partial charge in [-0.25, -0.2) is 0 Å². The molecule has 0 aliphatic carbocycles. The summed E-state index contributed by atoms with van der Waals surface area (Å²) < 4.78 is 7.96. The molecule has 2 aliphatic heterocycles. The van der Waals surface area contributed by atoms with Crippen molar-refractivity contribution in [1.82, 2.24) is 14.8 Å². The van der Waals surface area contributed by atoms with Crippen LogP contribution in [0.2, 0.25) is 0 Å². The normalized spacial score (nSPS) is 18.2. The molecule has 0 spiro atoms. The summed E-state index contributed by atoms with van der Waals surface area (Å²) in [6.45, 7) is 1.79. The van der Waals surface area contributed by atoms with E-state index < -0.39 is 0 Å². The number of nitrogens with zero attached hydrogens (tertiary/aromatic N) is 3. The quantitative estimate of drug-likeness (QED) is 0.525. The minimum absolute atomic E-state index is 0.0994. The van der Waals surface area contributed by atoms with Crippen LogP contribution in [0, 0.1) is 0 Å². The first-order valence-electron chi connectivity index (χ1n) is 11.5. The van der Waals surface area contributed by atoms with Gasteiger partial charge in [-0.2, -0.15) is 0 Å². The van der Waals surface area contributed by atoms with Crippen molar-refractivity contribution in [3.8, 4) is 11.4 Å². The van der Waals surface area contributed by atoms with Crippen molar-refractivity contribution in [3.63, 3.8) is 0 Å². The van der Waals surface area contributed by atoms with E-state index >= 15 is 0 Å². The van der Waals surface area contributed by atoms with E-state index in [2.05, 4.69) is 20.1 Å². The first-order valence-corrected chi connectivity index (χ1v) is 12.4. The van der Waals surface area contributed by atoms with E-state index in [4.69, 9.17) is 4.74 Å². The molecular weight excluding hydrogens is 420 g/mol. The number of nitrogens with one attached hydrogen (secondary N) is 1. The van der Waals surface area contributed by atoms with Crippen LogP contribution in [0.1, 0.15) is 48.3 Å². The molecule has 1 fully saturated rings. The molecule has 7 heteroatoms. The van der Waals surface area contributed by atoms with E-state index in [1.165, 1.54) is 12.8 Å². The summed E-state index contributed by atoms with van der Waals surface area (Å²) in [6.07, 6.45) is 7.02. The van der Waals surface area contributed by atoms with Crippen LogP contribution in [0.5, 0.6) is 0 Å². The number of hydrogen-bond acceptors (Lipinski definition) is 5. The number of thioether (sulfide) groups is 1. The molecule has 1 atom stereocenters. The third-order valence-electron chi connectivity index (χ3n) is 6.07. The highest BCUT2D eigenvalue weighted by Gasteiger charge is 2.19. The van der Waals surface area contributed by atoms with Gasteiger partial charge in [0.2, 0.25) is 0 Å². The van der Waals surface area contributed by atoms with Crippen LogP contribution >= 0.6 is 11.8 Å². The van der Waals surface area contributed by atoms with Gasteiger partial charge in [0.05, 0.1) is 11.7 Å². The van der Waals surface area contributed by atoms with Gasteiger partial charge < -0.3 is 14.6 Å². The van der Waals surface area contributed by atoms with E-state index in [0.717, 1.165) is 72.4 Å². The average molecular weight is 449 g/mol. The minimum Gasteiger partial charge on any atom is -0.377 e. The number of aryl methyl sites for hydroxylation is 1. The Labute approximate surface area is 192 Å². The van der Waals surface area contributed by atoms with E-state index in [0.29, 0.717) is 5.56 Å². The zero-order chi connectivity index (χ0) is 21.8. The lowest BCUT2D eigenvalue weighted by molar-refractivity contribution is 0.102. The zero-order valence-electron chi connectivity index (χ0n) is 18.1. The Kier molecular flexibility index (Phi) is 6.55. The van der Waals surface area contributed by atoms with Gasteiger partial charge in [0.25, 0.3) is 5.91 Å². The number of carbonyl (C=O) groups excluding carboxylic acids is 1. The number of benzene rings is 2. The van der Waals surface area contributed by atoms with Gasteiger partial charge in [0.1, 0.15) is 5.82 Å². The van der Waals surface area contributed by atoms with Crippen molar-refractivity contribution < 1.29 is 9.53 Å². The van der Waals surface area contributed by atoms with E-state index in [9.17, 15) is 4.79 Å². The molecule has 6 nitrogen and oxygen atoms in total. The number of anilines is 1. The number of aromatic nitrogens is 3. The Balaban J connectivity index is 1.32. The van der Waals surface area contributed by atoms with Gasteiger partial charge in [-0.1, -0.05) is 30.7 Å². The maximum absolute atomic E-state index is 13.1. The second-order valence-electron chi connectivity index (χ2n) is 8.38. The average Bonchev–Trinajstić information content (AvgIpc) is 3.43. The van der Waals surface area contributed by atoms with Crippen molar-refractivity contribution in [2.45, 2.75) is 56.1 Å². The van der Waals surface area contributed by atoms with Gasteiger partial charge in [0.15, 0.2) is 5.82 Å². The largest absolute Gasteiger partial charge is 0.377 e. The Bertz CT molecular complexity index is 1090. The van der Waals surface area contributed by atoms with Crippen molar-refractivity contribution >= 4 is 23.4 Å². The lowest BCUT2D eigenvalue weighted by Crippen LogP contribution is -2.14. The highest BCUT2D eigenvalue weighted by molar-refractivity contribution is 7.99. The third kappa shape index (κ3) is 4.74. The molecule has 2 aliphatic rings. The molecule has 2 aromatic carbocycles. The molecular formula is C25H28N4O2S. The van der Waals surface area contributed by atoms with Gasteiger partial charge in [-0.05, 0) is 49.9 Å². The molecule has 1 aromatic heterocycles. The lowest BCUT2D eigenvalue weighted by atomic mass is 10.1. The fraction of sp³-hybridized carbons (Fsp3) is 0.400. The van der Waals surface area contributed by atoms with Gasteiger partial charge >= 0.3 is 0 Å². The van der Waals surface area contributed by atoms with Crippen molar-refractivity contribution in [1.29, 1.82) is 0 Å². The van der Waals surface area contributed by atoms with Crippen LogP contribution in [0.3, 0.4) is 0 Å². The van der Waals surface area contributed by atoms with Crippen LogP contribution in [-0.4, -0.2) is 39.1 Å². The molecule has 32 heavy (non-hydrogen) atoms. The molecule has 166 valence electrons. The molecule has 1 amide bonds. The maximum atomic E-state index is 13.1. The summed E-state index contributed by atoms with van der Waals surface area (Å²) in [5.74, 6) is 2.71. The molecule has 1 N–H and O–H groups in total. The first-order chi connectivity index (χ1) is 15.8. The second-order valence-corrected chi connectivity index (χ2v) is 9.44. The second kappa shape index (κ2) is 9.88. The molecule has 1 saturated heterocycles. The van der Waals surface area contributed by atoms with Gasteiger partial charge in [-0.15, -0.1) is 22.0 Å². The topological polar surface area (TPSA) is 69.0 Å². The zero-order valence-corrected chi connectivity index (χ0v) is 18.9. The van der Waals surface area contributed by atoms with Gasteiger partial charge in [-0.3, -0.25) is 4.79 Å². The number of ether oxygens (including phenoxy) is 1. The van der Waals surface area contributed by atoms with Crippen LogP contribution in [-0.2, 0) is 17.7 Å². The highest BCUT2D eigenvalue weighted by atomic mass is 32.2. The summed E-state index contributed by atoms with van der Waals surface area (Å²) in [6, 6.07) is 15.7. The summed E-state index contributed by atoms with van der Waals surface area (Å²) in [5.41, 5.74) is 2.43. The molecule has 0 unspecified atom stereocenters. The molecule has 0 bridgehead atoms. The summed E-state index contributed by atoms with van der Waals surface area (Å²) >= 11 is 1.69. The SMILES string of the molecule is O=C(Nc1cccc(-c2nnc3n2CCCCC3)c1)c1ccccc1SC[C@@H]1CCCO1. The molecule has 0 radical (unpaired) electrons. The lowest BCUT2D eigenvalue weighted by Gasteiger charge is -2.13. The Morgan fingerprint density at radius 3 is 2.94 bits per heavy atom. The summed E-state index contributed by atoms with van der Waals surface area (Å²) in [4.78, 5) is 14.1. The van der Waals surface area contributed by atoms with Crippen LogP contribution in [0.15, 0.2) is 53.4 Å². The van der Waals surface area contributed by atoms with Crippen LogP contribution in [0.4, 0.5) is 5.69 Å². The monoisotopic (exact) mass is 448 g/mol. The minimum atomic E-state index is -0.0994. The molecule has 0 saturated carbocycles. The molecule has 3 aromatic rings. The van der Waals surface area contributed by atoms with E-state index in [1.807, 2.05) is 48.5 Å². The Morgan fingerprint density at radius 1 is 1.09 bits per heavy atom. The van der Waals surface area contributed by atoms with Crippen molar-refractivity contribution in [2.75, 3.05) is 17.7 Å². The van der Waals surface area contributed by atoms with Crippen molar-refractivity contribution in [3.05, 3.63) is 59.9 Å². The Morgan fingerprint density at radius 2 is 2.03 bits per heavy atom. The van der Waals surface area contributed by atoms with E-state index in [1.54, 1.807) is 11.8 Å². The van der Waals surface area contributed by atoms with Crippen LogP contribution in [0.25, 0.3) is 11.4 Å². The predicted molar refractivity (Wildman–Crippen MR) is 127 cm³/mol. The van der Waals surface area contributed by atoms with E-state index in [-0.39, 0.29) is 12.0 Å².